The van der Waals surface area contributed by atoms with Crippen LogP contribution in [0.1, 0.15) is 18.5 Å². The summed E-state index contributed by atoms with van der Waals surface area (Å²) in [4.78, 5) is 14.2. The lowest BCUT2D eigenvalue weighted by atomic mass is 9.95. The predicted molar refractivity (Wildman–Crippen MR) is 91.4 cm³/mol. The molecule has 116 valence electrons. The summed E-state index contributed by atoms with van der Waals surface area (Å²) in [6.45, 7) is 5.23. The summed E-state index contributed by atoms with van der Waals surface area (Å²) in [5.74, 6) is -0.448. The van der Waals surface area contributed by atoms with Crippen LogP contribution >= 0.6 is 12.2 Å². The normalized spacial score (nSPS) is 17.4. The van der Waals surface area contributed by atoms with Gasteiger partial charge in [0.2, 0.25) is 0 Å². The maximum Gasteiger partial charge on any atom is 0.343 e. The third-order valence-electron chi connectivity index (χ3n) is 3.42. The summed E-state index contributed by atoms with van der Waals surface area (Å²) >= 11 is 5.19. The van der Waals surface area contributed by atoms with Gasteiger partial charge in [0.1, 0.15) is 0 Å². The number of carbonyl (C=O) groups is 1. The number of hydrogen-bond acceptors (Lipinski definition) is 4. The van der Waals surface area contributed by atoms with Gasteiger partial charge in [-0.25, -0.2) is 4.79 Å². The number of rotatable bonds is 4. The summed E-state index contributed by atoms with van der Waals surface area (Å²) in [6, 6.07) is 7.57. The van der Waals surface area contributed by atoms with Gasteiger partial charge in [0.25, 0.3) is 0 Å². The van der Waals surface area contributed by atoms with Gasteiger partial charge in [0.05, 0.1) is 17.9 Å². The molecular weight excluding hydrogens is 298 g/mol. The van der Waals surface area contributed by atoms with E-state index in [2.05, 4.69) is 17.2 Å². The van der Waals surface area contributed by atoms with E-state index in [9.17, 15) is 4.79 Å². The van der Waals surface area contributed by atoms with Gasteiger partial charge in [0.15, 0.2) is 5.11 Å². The molecule has 6 heteroatoms. The molecule has 1 aromatic rings. The van der Waals surface area contributed by atoms with E-state index < -0.39 is 5.97 Å². The largest absolute Gasteiger partial charge is 0.432 e. The van der Waals surface area contributed by atoms with Crippen LogP contribution in [-0.4, -0.2) is 25.2 Å². The first kappa shape index (κ1) is 16.0. The molecule has 0 bridgehead atoms. The standard InChI is InChI=1S/C16H19N3O2S/c1-5-21-15(20)13-10(2)17-16(22)18-14(13)11-6-8-12(9-7-11)19(3)4/h5-9,14H,1H2,2-4H3,(H2,17,18,22). The topological polar surface area (TPSA) is 53.6 Å². The van der Waals surface area contributed by atoms with Crippen LogP contribution < -0.4 is 15.5 Å². The molecule has 1 aliphatic heterocycles. The summed E-state index contributed by atoms with van der Waals surface area (Å²) in [5, 5.41) is 6.55. The summed E-state index contributed by atoms with van der Waals surface area (Å²) in [5.41, 5.74) is 3.18. The van der Waals surface area contributed by atoms with E-state index in [0.29, 0.717) is 16.4 Å². The number of carbonyl (C=O) groups excluding carboxylic acids is 1. The fourth-order valence-electron chi connectivity index (χ4n) is 2.32. The molecule has 1 heterocycles. The van der Waals surface area contributed by atoms with Crippen LogP contribution in [0.3, 0.4) is 0 Å². The molecule has 0 amide bonds. The van der Waals surface area contributed by atoms with Crippen molar-refractivity contribution in [2.45, 2.75) is 13.0 Å². The van der Waals surface area contributed by atoms with Crippen LogP contribution in [0.2, 0.25) is 0 Å². The first-order valence-electron chi connectivity index (χ1n) is 6.81. The highest BCUT2D eigenvalue weighted by atomic mass is 32.1. The molecule has 0 aromatic heterocycles. The number of esters is 1. The van der Waals surface area contributed by atoms with Gasteiger partial charge < -0.3 is 20.3 Å². The van der Waals surface area contributed by atoms with E-state index in [4.69, 9.17) is 17.0 Å². The summed E-state index contributed by atoms with van der Waals surface area (Å²) < 4.78 is 4.94. The van der Waals surface area contributed by atoms with Crippen molar-refractivity contribution in [2.75, 3.05) is 19.0 Å². The Morgan fingerprint density at radius 2 is 2.00 bits per heavy atom. The van der Waals surface area contributed by atoms with E-state index in [0.717, 1.165) is 17.5 Å². The number of nitrogens with zero attached hydrogens (tertiary/aromatic N) is 1. The molecule has 0 spiro atoms. The van der Waals surface area contributed by atoms with Crippen LogP contribution in [0.15, 0.2) is 48.4 Å². The maximum atomic E-state index is 12.2. The fraction of sp³-hybridized carbons (Fsp3) is 0.250. The second-order valence-electron chi connectivity index (χ2n) is 5.13. The van der Waals surface area contributed by atoms with Gasteiger partial charge in [0, 0.05) is 25.5 Å². The van der Waals surface area contributed by atoms with Crippen molar-refractivity contribution < 1.29 is 9.53 Å². The molecule has 2 N–H and O–H groups in total. The SMILES string of the molecule is C=COC(=O)C1=C(C)NC(=S)NC1c1ccc(N(C)C)cc1. The van der Waals surface area contributed by atoms with Gasteiger partial charge in [-0.1, -0.05) is 18.7 Å². The summed E-state index contributed by atoms with van der Waals surface area (Å²) in [6.07, 6.45) is 1.13. The number of anilines is 1. The number of thiocarbonyl (C=S) groups is 1. The van der Waals surface area contributed by atoms with Crippen molar-refractivity contribution in [3.8, 4) is 0 Å². The molecule has 1 unspecified atom stereocenters. The predicted octanol–water partition coefficient (Wildman–Crippen LogP) is 2.23. The van der Waals surface area contributed by atoms with Crippen LogP contribution in [0.5, 0.6) is 0 Å². The molecule has 5 nitrogen and oxygen atoms in total. The highest BCUT2D eigenvalue weighted by Gasteiger charge is 2.30. The zero-order valence-corrected chi connectivity index (χ0v) is 13.7. The van der Waals surface area contributed by atoms with Gasteiger partial charge >= 0.3 is 5.97 Å². The van der Waals surface area contributed by atoms with E-state index in [1.54, 1.807) is 6.92 Å². The maximum absolute atomic E-state index is 12.2. The lowest BCUT2D eigenvalue weighted by Gasteiger charge is -2.29. The number of nitrogens with one attached hydrogen (secondary N) is 2. The fourth-order valence-corrected chi connectivity index (χ4v) is 2.59. The number of ether oxygens (including phenoxy) is 1. The molecule has 0 fully saturated rings. The number of benzene rings is 1. The Balaban J connectivity index is 2.40. The molecule has 22 heavy (non-hydrogen) atoms. The minimum absolute atomic E-state index is 0.350. The van der Waals surface area contributed by atoms with Crippen LogP contribution in [0, 0.1) is 0 Å². The van der Waals surface area contributed by atoms with E-state index in [1.165, 1.54) is 0 Å². The third kappa shape index (κ3) is 3.28. The van der Waals surface area contributed by atoms with Crippen molar-refractivity contribution >= 4 is 29.0 Å². The highest BCUT2D eigenvalue weighted by Crippen LogP contribution is 2.28. The Morgan fingerprint density at radius 1 is 1.36 bits per heavy atom. The lowest BCUT2D eigenvalue weighted by Crippen LogP contribution is -2.45. The molecule has 2 rings (SSSR count). The first-order valence-corrected chi connectivity index (χ1v) is 7.22. The average molecular weight is 317 g/mol. The summed E-state index contributed by atoms with van der Waals surface area (Å²) in [7, 11) is 3.95. The van der Waals surface area contributed by atoms with E-state index in [1.807, 2.05) is 43.3 Å². The van der Waals surface area contributed by atoms with Crippen molar-refractivity contribution in [3.05, 3.63) is 53.9 Å². The number of allylic oxidation sites excluding steroid dienone is 1. The quantitative estimate of drug-likeness (QED) is 0.505. The second kappa shape index (κ2) is 6.62. The Hall–Kier alpha value is -2.34. The van der Waals surface area contributed by atoms with Gasteiger partial charge in [-0.15, -0.1) is 0 Å². The molecule has 1 aromatic carbocycles. The Morgan fingerprint density at radius 3 is 2.55 bits per heavy atom. The zero-order valence-electron chi connectivity index (χ0n) is 12.8. The molecule has 0 saturated carbocycles. The monoisotopic (exact) mass is 317 g/mol. The third-order valence-corrected chi connectivity index (χ3v) is 3.64. The Bertz CT molecular complexity index is 635. The van der Waals surface area contributed by atoms with Crippen LogP contribution in [0.4, 0.5) is 5.69 Å². The van der Waals surface area contributed by atoms with E-state index in [-0.39, 0.29) is 6.04 Å². The molecule has 0 aliphatic carbocycles. The van der Waals surface area contributed by atoms with Crippen LogP contribution in [-0.2, 0) is 9.53 Å². The van der Waals surface area contributed by atoms with E-state index >= 15 is 0 Å². The number of hydrogen-bond donors (Lipinski definition) is 2. The van der Waals surface area contributed by atoms with Crippen molar-refractivity contribution in [3.63, 3.8) is 0 Å². The van der Waals surface area contributed by atoms with Gasteiger partial charge in [-0.05, 0) is 36.8 Å². The first-order chi connectivity index (χ1) is 10.4. The Kier molecular flexibility index (Phi) is 4.82. The minimum atomic E-state index is -0.448. The van der Waals surface area contributed by atoms with Gasteiger partial charge in [-0.2, -0.15) is 0 Å². The molecular formula is C16H19N3O2S. The smallest absolute Gasteiger partial charge is 0.343 e. The van der Waals surface area contributed by atoms with Crippen molar-refractivity contribution in [1.29, 1.82) is 0 Å². The molecule has 0 saturated heterocycles. The molecule has 1 aliphatic rings. The molecule has 0 radical (unpaired) electrons. The molecule has 1 atom stereocenters. The average Bonchev–Trinajstić information content (AvgIpc) is 2.46. The van der Waals surface area contributed by atoms with Crippen molar-refractivity contribution in [2.24, 2.45) is 0 Å². The second-order valence-corrected chi connectivity index (χ2v) is 5.54. The highest BCUT2D eigenvalue weighted by molar-refractivity contribution is 7.80. The van der Waals surface area contributed by atoms with Crippen LogP contribution in [0.25, 0.3) is 0 Å². The van der Waals surface area contributed by atoms with Gasteiger partial charge in [-0.3, -0.25) is 0 Å². The Labute approximate surface area is 135 Å². The zero-order chi connectivity index (χ0) is 16.3. The minimum Gasteiger partial charge on any atom is -0.432 e. The van der Waals surface area contributed by atoms with Crippen molar-refractivity contribution in [1.82, 2.24) is 10.6 Å². The lowest BCUT2D eigenvalue weighted by molar-refractivity contribution is -0.134.